The van der Waals surface area contributed by atoms with Gasteiger partial charge in [0.05, 0.1) is 0 Å². The van der Waals surface area contributed by atoms with E-state index in [2.05, 4.69) is 63.8 Å². The minimum absolute atomic E-state index is 0.0258. The number of carbonyl (C=O) groups is 12. The Bertz CT molecular complexity index is 1780. The van der Waals surface area contributed by atoms with Gasteiger partial charge in [-0.2, -0.15) is 0 Å². The van der Waals surface area contributed by atoms with Gasteiger partial charge >= 0.3 is 0 Å². The van der Waals surface area contributed by atoms with Crippen molar-refractivity contribution in [3.8, 4) is 0 Å². The first kappa shape index (κ1) is 79.6. The average Bonchev–Trinajstić information content (AvgIpc) is 3.49. The lowest BCUT2D eigenvalue weighted by atomic mass is 10.1. The molecule has 0 heterocycles. The first-order valence-corrected chi connectivity index (χ1v) is 32.8. The Balaban J connectivity index is 3.58. The molecule has 494 valence electrons. The van der Waals surface area contributed by atoms with E-state index in [-0.39, 0.29) is 70.9 Å². The zero-order valence-electron chi connectivity index (χ0n) is 52.8. The smallest absolute Gasteiger partial charge is 0.219 e. The van der Waals surface area contributed by atoms with E-state index in [0.717, 1.165) is 64.2 Å². The topological polar surface area (TPSA) is 349 Å². The van der Waals surface area contributed by atoms with Crippen LogP contribution in [-0.2, 0) is 57.5 Å². The molecule has 0 saturated heterocycles. The molecule has 0 aliphatic carbocycles. The van der Waals surface area contributed by atoms with E-state index in [0.29, 0.717) is 245 Å². The number of hydrogen-bond acceptors (Lipinski definition) is 12. The molecule has 0 spiro atoms. The first-order chi connectivity index (χ1) is 41.6. The zero-order chi connectivity index (χ0) is 63.4. The fraction of sp³-hybridized carbons (Fsp3) is 0.806. The second-order valence-corrected chi connectivity index (χ2v) is 22.0. The lowest BCUT2D eigenvalue weighted by Crippen LogP contribution is -2.28. The highest BCUT2D eigenvalue weighted by molar-refractivity contribution is 5.80. The molecule has 12 amide bonds. The Morgan fingerprint density at radius 3 is 0.337 bits per heavy atom. The summed E-state index contributed by atoms with van der Waals surface area (Å²) < 4.78 is 0. The van der Waals surface area contributed by atoms with Crippen LogP contribution < -0.4 is 63.8 Å². The summed E-state index contributed by atoms with van der Waals surface area (Å²) in [7, 11) is 0. The molecule has 0 rings (SSSR count). The predicted octanol–water partition coefficient (Wildman–Crippen LogP) is 4.46. The first-order valence-electron chi connectivity index (χ1n) is 32.8. The van der Waals surface area contributed by atoms with Crippen molar-refractivity contribution in [3.05, 3.63) is 0 Å². The van der Waals surface area contributed by atoms with Gasteiger partial charge in [0.15, 0.2) is 0 Å². The van der Waals surface area contributed by atoms with Gasteiger partial charge in [-0.05, 0) is 154 Å². The molecule has 0 radical (unpaired) electrons. The maximum atomic E-state index is 12.2. The highest BCUT2D eigenvalue weighted by Gasteiger charge is 2.11. The lowest BCUT2D eigenvalue weighted by Gasteiger charge is -2.08. The molecule has 0 aliphatic heterocycles. The number of amides is 12. The molecule has 12 N–H and O–H groups in total. The van der Waals surface area contributed by atoms with Crippen LogP contribution in [0, 0.1) is 0 Å². The Morgan fingerprint density at radius 2 is 0.244 bits per heavy atom. The van der Waals surface area contributed by atoms with Gasteiger partial charge in [-0.25, -0.2) is 0 Å². The van der Waals surface area contributed by atoms with Crippen LogP contribution in [0.15, 0.2) is 0 Å². The Labute approximate surface area is 514 Å². The average molecular weight is 1220 g/mol. The standard InChI is InChI=1S/C62H114N12O12/c1-3-39-63-51(75)27-5-7-29-53(77)65-41-17-19-43-67-55(79)31-9-11-33-57(81)69-45-21-23-47-71-59(83)35-13-15-37-61(85)73-49-25-26-50-74-62(86)38-16-14-36-60(84)72-48-24-22-46-70-58(82)34-12-10-32-56(80)68-44-20-18-42-66-54(78)30-8-6-28-52(76)64-40-4-2/h3-50H2,1-2H3,(H,63,75)(H,64,76)(H,65,77)(H,66,78)(H,67,79)(H,68,80)(H,69,81)(H,70,82)(H,71,83)(H,72,84)(H,73,85)(H,74,86). The van der Waals surface area contributed by atoms with Crippen molar-refractivity contribution in [2.24, 2.45) is 0 Å². The second-order valence-electron chi connectivity index (χ2n) is 22.0. The van der Waals surface area contributed by atoms with Gasteiger partial charge < -0.3 is 63.8 Å². The van der Waals surface area contributed by atoms with Gasteiger partial charge in [0.1, 0.15) is 0 Å². The maximum absolute atomic E-state index is 12.2. The minimum atomic E-state index is -0.0727. The van der Waals surface area contributed by atoms with E-state index < -0.39 is 0 Å². The molecule has 0 aliphatic rings. The molecule has 0 aromatic heterocycles. The van der Waals surface area contributed by atoms with Gasteiger partial charge in [-0.3, -0.25) is 57.5 Å². The Hall–Kier alpha value is -6.36. The molecule has 0 aromatic carbocycles. The van der Waals surface area contributed by atoms with Gasteiger partial charge in [0.25, 0.3) is 0 Å². The van der Waals surface area contributed by atoms with Crippen molar-refractivity contribution in [3.63, 3.8) is 0 Å². The van der Waals surface area contributed by atoms with Gasteiger partial charge in [0, 0.05) is 156 Å². The molecule has 0 atom stereocenters. The fourth-order valence-electron chi connectivity index (χ4n) is 8.54. The number of unbranched alkanes of at least 4 members (excludes halogenated alkanes) is 11. The van der Waals surface area contributed by atoms with Crippen LogP contribution in [-0.4, -0.2) is 149 Å². The van der Waals surface area contributed by atoms with Gasteiger partial charge in [-0.1, -0.05) is 13.8 Å². The number of nitrogens with one attached hydrogen (secondary N) is 12. The van der Waals surface area contributed by atoms with E-state index in [9.17, 15) is 57.5 Å². The molecular weight excluding hydrogens is 1100 g/mol. The van der Waals surface area contributed by atoms with Crippen LogP contribution >= 0.6 is 0 Å². The van der Waals surface area contributed by atoms with Gasteiger partial charge in [0.2, 0.25) is 70.9 Å². The third kappa shape index (κ3) is 58.0. The van der Waals surface area contributed by atoms with Crippen molar-refractivity contribution in [2.45, 2.75) is 245 Å². The van der Waals surface area contributed by atoms with Crippen molar-refractivity contribution in [2.75, 3.05) is 78.5 Å². The van der Waals surface area contributed by atoms with Crippen molar-refractivity contribution >= 4 is 70.9 Å². The summed E-state index contributed by atoms with van der Waals surface area (Å²) in [6.07, 6.45) is 21.0. The van der Waals surface area contributed by atoms with E-state index in [4.69, 9.17) is 0 Å². The molecule has 0 saturated carbocycles. The van der Waals surface area contributed by atoms with Crippen molar-refractivity contribution in [1.82, 2.24) is 63.8 Å². The number of rotatable bonds is 59. The van der Waals surface area contributed by atoms with Gasteiger partial charge in [-0.15, -0.1) is 0 Å². The summed E-state index contributed by atoms with van der Waals surface area (Å²) in [5.74, 6) is -0.525. The summed E-state index contributed by atoms with van der Waals surface area (Å²) in [4.78, 5) is 145. The third-order valence-corrected chi connectivity index (χ3v) is 13.7. The highest BCUT2D eigenvalue weighted by atomic mass is 16.2. The zero-order valence-corrected chi connectivity index (χ0v) is 52.8. The summed E-state index contributed by atoms with van der Waals surface area (Å²) in [5, 5.41) is 34.4. The molecule has 0 bridgehead atoms. The van der Waals surface area contributed by atoms with E-state index in [1.807, 2.05) is 13.8 Å². The molecule has 0 aromatic rings. The van der Waals surface area contributed by atoms with Crippen LogP contribution in [0.2, 0.25) is 0 Å². The monoisotopic (exact) mass is 1220 g/mol. The molecular formula is C62H114N12O12. The largest absolute Gasteiger partial charge is 0.356 e. The third-order valence-electron chi connectivity index (χ3n) is 13.7. The second kappa shape index (κ2) is 59.0. The quantitative estimate of drug-likeness (QED) is 0.0376. The lowest BCUT2D eigenvalue weighted by molar-refractivity contribution is -0.123. The Morgan fingerprint density at radius 1 is 0.151 bits per heavy atom. The predicted molar refractivity (Wildman–Crippen MR) is 334 cm³/mol. The normalized spacial score (nSPS) is 10.7. The highest BCUT2D eigenvalue weighted by Crippen LogP contribution is 2.06. The summed E-state index contributed by atoms with van der Waals surface area (Å²) >= 11 is 0. The SMILES string of the molecule is CCCNC(=O)CCCCC(=O)NCCCCNC(=O)CCCCC(=O)NCCCCNC(=O)CCCCC(=O)NCCCCNC(=O)CCCCC(=O)NCCCCNC(=O)CCCCC(=O)NCCCCNC(=O)CCCCC(=O)NCCC. The summed E-state index contributed by atoms with van der Waals surface area (Å²) in [5.41, 5.74) is 0. The number of carbonyl (C=O) groups excluding carboxylic acids is 12. The van der Waals surface area contributed by atoms with E-state index in [1.165, 1.54) is 0 Å². The summed E-state index contributed by atoms with van der Waals surface area (Å²) in [6.45, 7) is 10.5. The van der Waals surface area contributed by atoms with E-state index in [1.54, 1.807) is 0 Å². The fourth-order valence-corrected chi connectivity index (χ4v) is 8.54. The van der Waals surface area contributed by atoms with Crippen LogP contribution in [0.5, 0.6) is 0 Å². The molecule has 24 heteroatoms. The maximum Gasteiger partial charge on any atom is 0.219 e. The Kier molecular flexibility index (Phi) is 54.6. The van der Waals surface area contributed by atoms with Crippen LogP contribution in [0.3, 0.4) is 0 Å². The number of hydrogen-bond donors (Lipinski definition) is 12. The molecule has 0 fully saturated rings. The van der Waals surface area contributed by atoms with Crippen LogP contribution in [0.25, 0.3) is 0 Å². The molecule has 0 unspecified atom stereocenters. The minimum Gasteiger partial charge on any atom is -0.356 e. The van der Waals surface area contributed by atoms with Crippen molar-refractivity contribution < 1.29 is 57.5 Å². The molecule has 86 heavy (non-hydrogen) atoms. The summed E-state index contributed by atoms with van der Waals surface area (Å²) in [6, 6.07) is 0. The van der Waals surface area contributed by atoms with Crippen molar-refractivity contribution in [1.29, 1.82) is 0 Å². The molecule has 24 nitrogen and oxygen atoms in total. The van der Waals surface area contributed by atoms with Crippen LogP contribution in [0.4, 0.5) is 0 Å². The van der Waals surface area contributed by atoms with E-state index >= 15 is 0 Å². The van der Waals surface area contributed by atoms with Crippen LogP contribution in [0.1, 0.15) is 245 Å².